The molecule has 10 heteroatoms. The molecule has 0 spiro atoms. The zero-order valence-electron chi connectivity index (χ0n) is 14.8. The smallest absolute Gasteiger partial charge is 0.251 e. The highest BCUT2D eigenvalue weighted by Gasteiger charge is 2.25. The number of amides is 1. The lowest BCUT2D eigenvalue weighted by Crippen LogP contribution is -2.36. The summed E-state index contributed by atoms with van der Waals surface area (Å²) in [5.74, 6) is -1.05. The lowest BCUT2D eigenvalue weighted by atomic mass is 10.0. The first-order valence-corrected chi connectivity index (χ1v) is 9.90. The number of carbonyl (C=O) groups is 1. The second-order valence-corrected chi connectivity index (χ2v) is 8.02. The van der Waals surface area contributed by atoms with Gasteiger partial charge in [-0.15, -0.1) is 12.4 Å². The highest BCUT2D eigenvalue weighted by molar-refractivity contribution is 7.89. The Kier molecular flexibility index (Phi) is 7.13. The molecule has 0 unspecified atom stereocenters. The number of sulfonamides is 1. The van der Waals surface area contributed by atoms with E-state index in [0.29, 0.717) is 24.1 Å². The number of hydrogen-bond acceptors (Lipinski definition) is 5. The van der Waals surface area contributed by atoms with E-state index in [4.69, 9.17) is 10.2 Å². The Bertz CT molecular complexity index is 971. The summed E-state index contributed by atoms with van der Waals surface area (Å²) < 4.78 is 37.0. The minimum atomic E-state index is -3.99. The maximum atomic E-state index is 14.4. The molecule has 2 aromatic carbocycles. The number of rotatable bonds is 5. The molecule has 0 saturated carbocycles. The van der Waals surface area contributed by atoms with Crippen molar-refractivity contribution >= 4 is 28.3 Å². The van der Waals surface area contributed by atoms with Crippen molar-refractivity contribution < 1.29 is 22.7 Å². The van der Waals surface area contributed by atoms with E-state index < -0.39 is 15.8 Å². The molecule has 1 aliphatic rings. The van der Waals surface area contributed by atoms with Crippen molar-refractivity contribution in [2.75, 3.05) is 13.2 Å². The average Bonchev–Trinajstić information content (AvgIpc) is 3.08. The van der Waals surface area contributed by atoms with E-state index in [-0.39, 0.29) is 47.5 Å². The van der Waals surface area contributed by atoms with Gasteiger partial charge in [-0.05, 0) is 36.2 Å². The van der Waals surface area contributed by atoms with Crippen LogP contribution in [0.2, 0.25) is 0 Å². The van der Waals surface area contributed by atoms with Gasteiger partial charge in [0.1, 0.15) is 5.82 Å². The minimum absolute atomic E-state index is 0. The fourth-order valence-corrected chi connectivity index (χ4v) is 3.60. The molecule has 2 aromatic rings. The van der Waals surface area contributed by atoms with Gasteiger partial charge in [-0.25, -0.2) is 17.9 Å². The van der Waals surface area contributed by atoms with Crippen LogP contribution in [0.4, 0.5) is 4.39 Å². The third kappa shape index (κ3) is 5.06. The summed E-state index contributed by atoms with van der Waals surface area (Å²) in [5.41, 5.74) is 0.966. The molecule has 1 fully saturated rings. The molecule has 1 saturated heterocycles. The van der Waals surface area contributed by atoms with Crippen molar-refractivity contribution in [1.82, 2.24) is 10.6 Å². The van der Waals surface area contributed by atoms with Crippen LogP contribution in [0.15, 0.2) is 47.4 Å². The third-order valence-corrected chi connectivity index (χ3v) is 5.39. The molecule has 1 amide bonds. The van der Waals surface area contributed by atoms with Crippen molar-refractivity contribution in [3.8, 4) is 11.1 Å². The molecular formula is C18H21ClFN3O4S. The standard InChI is InChI=1S/C18H20FN3O4S.ClH/c19-17-8-15(27(20,25)26)4-5-16(17)11-2-1-3-12(6-11)18(24)22-13-7-14(10-23)21-9-13;/h1-6,8,13-14,21,23H,7,9-10H2,(H,22,24)(H2,20,25,26);1H/t13-,14+;/m1./s1. The fourth-order valence-electron chi connectivity index (χ4n) is 3.07. The number of nitrogens with one attached hydrogen (secondary N) is 2. The van der Waals surface area contributed by atoms with Gasteiger partial charge < -0.3 is 15.7 Å². The van der Waals surface area contributed by atoms with Gasteiger partial charge in [0, 0.05) is 29.8 Å². The second kappa shape index (κ2) is 8.97. The monoisotopic (exact) mass is 429 g/mol. The van der Waals surface area contributed by atoms with Gasteiger partial charge in [0.25, 0.3) is 5.91 Å². The van der Waals surface area contributed by atoms with Gasteiger partial charge in [-0.1, -0.05) is 18.2 Å². The van der Waals surface area contributed by atoms with Crippen molar-refractivity contribution in [3.05, 3.63) is 53.8 Å². The number of carbonyl (C=O) groups excluding carboxylic acids is 1. The van der Waals surface area contributed by atoms with Crippen LogP contribution < -0.4 is 15.8 Å². The molecule has 0 radical (unpaired) electrons. The van der Waals surface area contributed by atoms with Gasteiger partial charge in [-0.3, -0.25) is 4.79 Å². The molecule has 1 heterocycles. The number of hydrogen-bond donors (Lipinski definition) is 4. The van der Waals surface area contributed by atoms with E-state index in [9.17, 15) is 17.6 Å². The Morgan fingerprint density at radius 2 is 2.04 bits per heavy atom. The number of aliphatic hydroxyl groups excluding tert-OH is 1. The third-order valence-electron chi connectivity index (χ3n) is 4.48. The van der Waals surface area contributed by atoms with E-state index in [1.807, 2.05) is 0 Å². The summed E-state index contributed by atoms with van der Waals surface area (Å²) in [7, 11) is -3.99. The highest BCUT2D eigenvalue weighted by atomic mass is 35.5. The summed E-state index contributed by atoms with van der Waals surface area (Å²) in [4.78, 5) is 12.1. The van der Waals surface area contributed by atoms with Crippen LogP contribution >= 0.6 is 12.4 Å². The summed E-state index contributed by atoms with van der Waals surface area (Å²) in [6.07, 6.45) is 0.631. The summed E-state index contributed by atoms with van der Waals surface area (Å²) in [6.45, 7) is 0.579. The molecule has 152 valence electrons. The predicted molar refractivity (Wildman–Crippen MR) is 105 cm³/mol. The quantitative estimate of drug-likeness (QED) is 0.565. The predicted octanol–water partition coefficient (Wildman–Crippen LogP) is 1.01. The Morgan fingerprint density at radius 3 is 2.64 bits per heavy atom. The number of benzene rings is 2. The van der Waals surface area contributed by atoms with Crippen molar-refractivity contribution in [1.29, 1.82) is 0 Å². The minimum Gasteiger partial charge on any atom is -0.395 e. The topological polar surface area (TPSA) is 122 Å². The second-order valence-electron chi connectivity index (χ2n) is 6.46. The molecule has 1 aliphatic heterocycles. The molecule has 28 heavy (non-hydrogen) atoms. The van der Waals surface area contributed by atoms with Gasteiger partial charge in [-0.2, -0.15) is 0 Å². The summed E-state index contributed by atoms with van der Waals surface area (Å²) >= 11 is 0. The average molecular weight is 430 g/mol. The number of halogens is 2. The maximum absolute atomic E-state index is 14.4. The lowest BCUT2D eigenvalue weighted by Gasteiger charge is -2.13. The van der Waals surface area contributed by atoms with Crippen LogP contribution in [0.3, 0.4) is 0 Å². The molecule has 2 atom stereocenters. The Hall–Kier alpha value is -2.04. The summed E-state index contributed by atoms with van der Waals surface area (Å²) in [5, 5.41) is 20.1. The maximum Gasteiger partial charge on any atom is 0.251 e. The first-order chi connectivity index (χ1) is 12.8. The zero-order chi connectivity index (χ0) is 19.6. The van der Waals surface area contributed by atoms with Crippen LogP contribution in [-0.2, 0) is 10.0 Å². The molecule has 0 aromatic heterocycles. The van der Waals surface area contributed by atoms with Crippen molar-refractivity contribution in [3.63, 3.8) is 0 Å². The van der Waals surface area contributed by atoms with Crippen LogP contribution in [0.25, 0.3) is 11.1 Å². The van der Waals surface area contributed by atoms with Gasteiger partial charge in [0.2, 0.25) is 10.0 Å². The van der Waals surface area contributed by atoms with Gasteiger partial charge in [0.15, 0.2) is 0 Å². The largest absolute Gasteiger partial charge is 0.395 e. The Morgan fingerprint density at radius 1 is 1.29 bits per heavy atom. The van der Waals surface area contributed by atoms with E-state index >= 15 is 0 Å². The van der Waals surface area contributed by atoms with Crippen LogP contribution in [-0.4, -0.2) is 44.7 Å². The van der Waals surface area contributed by atoms with E-state index in [1.165, 1.54) is 18.2 Å². The van der Waals surface area contributed by atoms with Crippen LogP contribution in [0.1, 0.15) is 16.8 Å². The molecule has 3 rings (SSSR count). The normalized spacial score (nSPS) is 19.1. The molecule has 0 bridgehead atoms. The van der Waals surface area contributed by atoms with Gasteiger partial charge in [0.05, 0.1) is 11.5 Å². The first-order valence-electron chi connectivity index (χ1n) is 8.36. The number of nitrogens with two attached hydrogens (primary N) is 1. The van der Waals surface area contributed by atoms with Crippen LogP contribution in [0, 0.1) is 5.82 Å². The highest BCUT2D eigenvalue weighted by Crippen LogP contribution is 2.25. The van der Waals surface area contributed by atoms with Crippen molar-refractivity contribution in [2.24, 2.45) is 5.14 Å². The zero-order valence-corrected chi connectivity index (χ0v) is 16.4. The number of aliphatic hydroxyl groups is 1. The fraction of sp³-hybridized carbons (Fsp3) is 0.278. The Balaban J connectivity index is 0.00000280. The first kappa shape index (κ1) is 22.3. The molecule has 0 aliphatic carbocycles. The Labute approximate surface area is 168 Å². The molecule has 7 nitrogen and oxygen atoms in total. The van der Waals surface area contributed by atoms with E-state index in [2.05, 4.69) is 10.6 Å². The molecular weight excluding hydrogens is 409 g/mol. The van der Waals surface area contributed by atoms with Gasteiger partial charge >= 0.3 is 0 Å². The van der Waals surface area contributed by atoms with E-state index in [0.717, 1.165) is 6.07 Å². The summed E-state index contributed by atoms with van der Waals surface area (Å²) in [6, 6.07) is 9.68. The SMILES string of the molecule is Cl.NS(=O)(=O)c1ccc(-c2cccc(C(=O)N[C@H]3CN[C@H](CO)C3)c2)c(F)c1. The lowest BCUT2D eigenvalue weighted by molar-refractivity contribution is 0.0939. The molecule has 5 N–H and O–H groups in total. The van der Waals surface area contributed by atoms with E-state index in [1.54, 1.807) is 18.2 Å². The van der Waals surface area contributed by atoms with Crippen LogP contribution in [0.5, 0.6) is 0 Å². The van der Waals surface area contributed by atoms with Crippen molar-refractivity contribution in [2.45, 2.75) is 23.4 Å². The number of primary sulfonamides is 1.